The Morgan fingerprint density at radius 3 is 2.81 bits per heavy atom. The van der Waals surface area contributed by atoms with Gasteiger partial charge in [0.2, 0.25) is 0 Å². The van der Waals surface area contributed by atoms with Crippen LogP contribution in [-0.2, 0) is 11.3 Å². The Labute approximate surface area is 98.9 Å². The molecule has 1 aromatic carbocycles. The summed E-state index contributed by atoms with van der Waals surface area (Å²) in [5, 5.41) is 6.56. The largest absolute Gasteiger partial charge is 0.443 e. The maximum Gasteiger partial charge on any atom is 0.407 e. The first-order valence-electron chi connectivity index (χ1n) is 5.14. The van der Waals surface area contributed by atoms with Crippen LogP contribution in [0.4, 0.5) is 4.79 Å². The minimum Gasteiger partial charge on any atom is -0.443 e. The molecule has 16 heavy (non-hydrogen) atoms. The second-order valence-corrected chi connectivity index (χ2v) is 4.10. The highest BCUT2D eigenvalue weighted by Gasteiger charge is 2.21. The molecule has 1 amide bonds. The van der Waals surface area contributed by atoms with Crippen LogP contribution in [0.15, 0.2) is 24.3 Å². The van der Waals surface area contributed by atoms with Crippen molar-refractivity contribution in [2.45, 2.75) is 12.6 Å². The number of hydrogen-bond donors (Lipinski definition) is 2. The van der Waals surface area contributed by atoms with Gasteiger partial charge >= 0.3 is 6.09 Å². The average Bonchev–Trinajstić information content (AvgIpc) is 2.67. The first-order valence-corrected chi connectivity index (χ1v) is 5.51. The van der Waals surface area contributed by atoms with Gasteiger partial charge in [-0.15, -0.1) is 0 Å². The number of halogens is 1. The summed E-state index contributed by atoms with van der Waals surface area (Å²) in [5.74, 6) is 0. The van der Waals surface area contributed by atoms with E-state index in [1.165, 1.54) is 0 Å². The van der Waals surface area contributed by atoms with Gasteiger partial charge in [0.05, 0.1) is 6.54 Å². The fraction of sp³-hybridized carbons (Fsp3) is 0.364. The van der Waals surface area contributed by atoms with Gasteiger partial charge in [-0.05, 0) is 17.7 Å². The summed E-state index contributed by atoms with van der Waals surface area (Å²) in [6, 6.07) is 7.65. The van der Waals surface area contributed by atoms with E-state index in [4.69, 9.17) is 16.3 Å². The number of ether oxygens (including phenoxy) is 1. The predicted octanol–water partition coefficient (Wildman–Crippen LogP) is 1.54. The molecule has 5 heteroatoms. The van der Waals surface area contributed by atoms with Gasteiger partial charge in [-0.25, -0.2) is 4.79 Å². The lowest BCUT2D eigenvalue weighted by atomic mass is 10.2. The van der Waals surface area contributed by atoms with Crippen LogP contribution in [0.1, 0.15) is 5.56 Å². The number of rotatable bonds is 4. The molecular weight excluding hydrogens is 228 g/mol. The summed E-state index contributed by atoms with van der Waals surface area (Å²) < 4.78 is 4.98. The van der Waals surface area contributed by atoms with Gasteiger partial charge in [-0.2, -0.15) is 0 Å². The van der Waals surface area contributed by atoms with E-state index in [2.05, 4.69) is 10.6 Å². The van der Waals surface area contributed by atoms with Crippen molar-refractivity contribution in [1.29, 1.82) is 0 Å². The zero-order valence-electron chi connectivity index (χ0n) is 8.70. The van der Waals surface area contributed by atoms with Crippen LogP contribution in [-0.4, -0.2) is 25.3 Å². The lowest BCUT2D eigenvalue weighted by molar-refractivity contribution is 0.139. The fourth-order valence-corrected chi connectivity index (χ4v) is 1.65. The molecule has 1 aliphatic rings. The molecule has 0 spiro atoms. The molecule has 1 aromatic rings. The summed E-state index contributed by atoms with van der Waals surface area (Å²) in [6.45, 7) is 1.97. The van der Waals surface area contributed by atoms with Crippen LogP contribution in [0, 0.1) is 0 Å². The SMILES string of the molecule is O=C1NCC(CNCc2ccc(Cl)cc2)O1. The molecule has 0 aromatic heterocycles. The molecule has 86 valence electrons. The Hall–Kier alpha value is -1.26. The normalized spacial score (nSPS) is 19.3. The summed E-state index contributed by atoms with van der Waals surface area (Å²) in [5.41, 5.74) is 1.15. The van der Waals surface area contributed by atoms with Gasteiger partial charge in [-0.1, -0.05) is 23.7 Å². The molecule has 1 aliphatic heterocycles. The smallest absolute Gasteiger partial charge is 0.407 e. The zero-order chi connectivity index (χ0) is 11.4. The van der Waals surface area contributed by atoms with E-state index in [0.29, 0.717) is 13.1 Å². The first kappa shape index (κ1) is 11.2. The van der Waals surface area contributed by atoms with Gasteiger partial charge < -0.3 is 15.4 Å². The van der Waals surface area contributed by atoms with Crippen LogP contribution in [0.3, 0.4) is 0 Å². The van der Waals surface area contributed by atoms with Crippen molar-refractivity contribution in [3.8, 4) is 0 Å². The minimum absolute atomic E-state index is 0.0696. The summed E-state index contributed by atoms with van der Waals surface area (Å²) in [6.07, 6.45) is -0.405. The monoisotopic (exact) mass is 240 g/mol. The van der Waals surface area contributed by atoms with Crippen molar-refractivity contribution < 1.29 is 9.53 Å². The van der Waals surface area contributed by atoms with E-state index in [-0.39, 0.29) is 12.2 Å². The van der Waals surface area contributed by atoms with E-state index < -0.39 is 0 Å². The highest BCUT2D eigenvalue weighted by atomic mass is 35.5. The van der Waals surface area contributed by atoms with E-state index in [9.17, 15) is 4.79 Å². The molecule has 2 rings (SSSR count). The quantitative estimate of drug-likeness (QED) is 0.840. The molecule has 1 saturated heterocycles. The number of hydrogen-bond acceptors (Lipinski definition) is 3. The second kappa shape index (κ2) is 5.18. The third kappa shape index (κ3) is 3.12. The number of carbonyl (C=O) groups excluding carboxylic acids is 1. The van der Waals surface area contributed by atoms with Crippen LogP contribution < -0.4 is 10.6 Å². The fourth-order valence-electron chi connectivity index (χ4n) is 1.53. The number of nitrogens with one attached hydrogen (secondary N) is 2. The first-order chi connectivity index (χ1) is 7.74. The van der Waals surface area contributed by atoms with Crippen molar-refractivity contribution in [2.24, 2.45) is 0 Å². The summed E-state index contributed by atoms with van der Waals surface area (Å²) in [7, 11) is 0. The Kier molecular flexibility index (Phi) is 3.64. The molecular formula is C11H13ClN2O2. The molecule has 1 fully saturated rings. The summed E-state index contributed by atoms with van der Waals surface area (Å²) >= 11 is 5.78. The molecule has 0 bridgehead atoms. The number of benzene rings is 1. The molecule has 0 saturated carbocycles. The highest BCUT2D eigenvalue weighted by Crippen LogP contribution is 2.09. The number of amides is 1. The number of cyclic esters (lactones) is 1. The maximum absolute atomic E-state index is 10.7. The Bertz CT molecular complexity index is 367. The van der Waals surface area contributed by atoms with Gasteiger partial charge in [0, 0.05) is 18.1 Å². The van der Waals surface area contributed by atoms with Crippen molar-refractivity contribution >= 4 is 17.7 Å². The molecule has 2 N–H and O–H groups in total. The predicted molar refractivity (Wildman–Crippen MR) is 61.4 cm³/mol. The van der Waals surface area contributed by atoms with Crippen LogP contribution in [0.25, 0.3) is 0 Å². The summed E-state index contributed by atoms with van der Waals surface area (Å²) in [4.78, 5) is 10.7. The van der Waals surface area contributed by atoms with E-state index in [0.717, 1.165) is 17.1 Å². The van der Waals surface area contributed by atoms with Crippen molar-refractivity contribution in [2.75, 3.05) is 13.1 Å². The molecule has 0 aliphatic carbocycles. The molecule has 1 unspecified atom stereocenters. The topological polar surface area (TPSA) is 50.4 Å². The van der Waals surface area contributed by atoms with Crippen molar-refractivity contribution in [3.05, 3.63) is 34.9 Å². The van der Waals surface area contributed by atoms with Crippen LogP contribution in [0.5, 0.6) is 0 Å². The lowest BCUT2D eigenvalue weighted by Gasteiger charge is -2.09. The average molecular weight is 241 g/mol. The molecule has 4 nitrogen and oxygen atoms in total. The van der Waals surface area contributed by atoms with Gasteiger partial charge in [0.1, 0.15) is 6.10 Å². The Morgan fingerprint density at radius 1 is 1.44 bits per heavy atom. The number of alkyl carbamates (subject to hydrolysis) is 1. The van der Waals surface area contributed by atoms with E-state index in [1.807, 2.05) is 24.3 Å². The maximum atomic E-state index is 10.7. The van der Waals surface area contributed by atoms with Crippen molar-refractivity contribution in [1.82, 2.24) is 10.6 Å². The van der Waals surface area contributed by atoms with Gasteiger partial charge in [0.15, 0.2) is 0 Å². The van der Waals surface area contributed by atoms with Crippen LogP contribution >= 0.6 is 11.6 Å². The Morgan fingerprint density at radius 2 is 2.19 bits per heavy atom. The van der Waals surface area contributed by atoms with Gasteiger partial charge in [-0.3, -0.25) is 0 Å². The third-order valence-corrected chi connectivity index (χ3v) is 2.61. The minimum atomic E-state index is -0.335. The van der Waals surface area contributed by atoms with Crippen molar-refractivity contribution in [3.63, 3.8) is 0 Å². The lowest BCUT2D eigenvalue weighted by Crippen LogP contribution is -2.29. The molecule has 1 heterocycles. The zero-order valence-corrected chi connectivity index (χ0v) is 9.46. The van der Waals surface area contributed by atoms with E-state index in [1.54, 1.807) is 0 Å². The Balaban J connectivity index is 1.72. The van der Waals surface area contributed by atoms with E-state index >= 15 is 0 Å². The molecule has 0 radical (unpaired) electrons. The van der Waals surface area contributed by atoms with Gasteiger partial charge in [0.25, 0.3) is 0 Å². The third-order valence-electron chi connectivity index (χ3n) is 2.36. The second-order valence-electron chi connectivity index (χ2n) is 3.67. The van der Waals surface area contributed by atoms with Crippen LogP contribution in [0.2, 0.25) is 5.02 Å². The standard InChI is InChI=1S/C11H13ClN2O2/c12-9-3-1-8(2-4-9)5-13-6-10-7-14-11(15)16-10/h1-4,10,13H,5-7H2,(H,14,15). The number of carbonyl (C=O) groups is 1. The molecule has 1 atom stereocenters. The highest BCUT2D eigenvalue weighted by molar-refractivity contribution is 6.30.